The summed E-state index contributed by atoms with van der Waals surface area (Å²) in [5, 5.41) is 29.2. The molecule has 3 rings (SSSR count). The van der Waals surface area contributed by atoms with Gasteiger partial charge in [-0.3, -0.25) is 0 Å². The zero-order valence-corrected chi connectivity index (χ0v) is 17.6. The molecule has 0 atom stereocenters. The molecule has 0 aliphatic rings. The third-order valence-electron chi connectivity index (χ3n) is 4.12. The van der Waals surface area contributed by atoms with E-state index in [0.717, 1.165) is 11.8 Å². The molecule has 3 aromatic rings. The van der Waals surface area contributed by atoms with E-state index >= 15 is 0 Å². The molecule has 3 N–H and O–H groups in total. The zero-order valence-electron chi connectivity index (χ0n) is 16.7. The van der Waals surface area contributed by atoms with E-state index in [2.05, 4.69) is 0 Å². The number of aromatic hydroxyl groups is 3. The molecular formula is C23H20O7S. The molecule has 0 aliphatic heterocycles. The van der Waals surface area contributed by atoms with Crippen molar-refractivity contribution in [3.63, 3.8) is 0 Å². The highest BCUT2D eigenvalue weighted by molar-refractivity contribution is 7.99. The van der Waals surface area contributed by atoms with Gasteiger partial charge in [0, 0.05) is 18.2 Å². The van der Waals surface area contributed by atoms with Gasteiger partial charge in [-0.15, -0.1) is 0 Å². The summed E-state index contributed by atoms with van der Waals surface area (Å²) in [6, 6.07) is 13.7. The second-order valence-electron chi connectivity index (χ2n) is 6.25. The predicted octanol–water partition coefficient (Wildman–Crippen LogP) is 4.59. The summed E-state index contributed by atoms with van der Waals surface area (Å²) in [7, 11) is 3.06. The largest absolute Gasteiger partial charge is 0.508 e. The molecule has 3 aromatic carbocycles. The molecule has 0 aromatic heterocycles. The third kappa shape index (κ3) is 5.64. The number of carbonyl (C=O) groups excluding carboxylic acids is 1. The summed E-state index contributed by atoms with van der Waals surface area (Å²) in [5.41, 5.74) is 0.703. The van der Waals surface area contributed by atoms with Crippen LogP contribution in [0.2, 0.25) is 0 Å². The lowest BCUT2D eigenvalue weighted by molar-refractivity contribution is -0.129. The van der Waals surface area contributed by atoms with Gasteiger partial charge in [0.25, 0.3) is 0 Å². The lowest BCUT2D eigenvalue weighted by Crippen LogP contribution is -2.04. The average Bonchev–Trinajstić information content (AvgIpc) is 2.75. The summed E-state index contributed by atoms with van der Waals surface area (Å²) >= 11 is 1.12. The van der Waals surface area contributed by atoms with Crippen LogP contribution in [0.1, 0.15) is 5.56 Å². The van der Waals surface area contributed by atoms with Crippen molar-refractivity contribution in [2.75, 3.05) is 14.2 Å². The van der Waals surface area contributed by atoms with E-state index < -0.39 is 5.97 Å². The fourth-order valence-corrected chi connectivity index (χ4v) is 3.51. The Morgan fingerprint density at radius 1 is 0.806 bits per heavy atom. The van der Waals surface area contributed by atoms with Crippen molar-refractivity contribution in [1.29, 1.82) is 0 Å². The van der Waals surface area contributed by atoms with Crippen LogP contribution >= 0.6 is 11.8 Å². The summed E-state index contributed by atoms with van der Waals surface area (Å²) in [5.74, 6) is 0.297. The van der Waals surface area contributed by atoms with Gasteiger partial charge in [-0.1, -0.05) is 17.8 Å². The number of hydrogen-bond acceptors (Lipinski definition) is 8. The molecule has 8 heteroatoms. The number of phenols is 3. The maximum Gasteiger partial charge on any atom is 0.336 e. The first-order chi connectivity index (χ1) is 14.9. The first-order valence-corrected chi connectivity index (χ1v) is 9.86. The highest BCUT2D eigenvalue weighted by Gasteiger charge is 2.13. The molecule has 160 valence electrons. The van der Waals surface area contributed by atoms with Crippen LogP contribution in [0.25, 0.3) is 6.08 Å². The molecule has 0 bridgehead atoms. The Morgan fingerprint density at radius 2 is 1.48 bits per heavy atom. The van der Waals surface area contributed by atoms with Crippen molar-refractivity contribution < 1.29 is 34.3 Å². The van der Waals surface area contributed by atoms with Crippen molar-refractivity contribution in [3.05, 3.63) is 66.2 Å². The molecular weight excluding hydrogens is 420 g/mol. The van der Waals surface area contributed by atoms with Gasteiger partial charge in [-0.25, -0.2) is 4.79 Å². The highest BCUT2D eigenvalue weighted by Crippen LogP contribution is 2.41. The summed E-state index contributed by atoms with van der Waals surface area (Å²) < 4.78 is 15.8. The molecule has 0 saturated carbocycles. The van der Waals surface area contributed by atoms with E-state index in [4.69, 9.17) is 14.2 Å². The summed E-state index contributed by atoms with van der Waals surface area (Å²) in [6.07, 6.45) is 2.81. The minimum atomic E-state index is -0.655. The minimum Gasteiger partial charge on any atom is -0.508 e. The van der Waals surface area contributed by atoms with Gasteiger partial charge in [0.1, 0.15) is 23.0 Å². The van der Waals surface area contributed by atoms with E-state index in [1.165, 1.54) is 50.6 Å². The summed E-state index contributed by atoms with van der Waals surface area (Å²) in [6.45, 7) is 0. The Bertz CT molecular complexity index is 1120. The summed E-state index contributed by atoms with van der Waals surface area (Å²) in [4.78, 5) is 13.3. The van der Waals surface area contributed by atoms with Crippen LogP contribution in [0.4, 0.5) is 0 Å². The topological polar surface area (TPSA) is 105 Å². The fraction of sp³-hybridized carbons (Fsp3) is 0.0870. The zero-order chi connectivity index (χ0) is 22.4. The van der Waals surface area contributed by atoms with Crippen molar-refractivity contribution in [1.82, 2.24) is 0 Å². The predicted molar refractivity (Wildman–Crippen MR) is 116 cm³/mol. The van der Waals surface area contributed by atoms with Crippen LogP contribution < -0.4 is 14.2 Å². The van der Waals surface area contributed by atoms with Gasteiger partial charge >= 0.3 is 5.97 Å². The normalized spacial score (nSPS) is 10.8. The number of rotatable bonds is 7. The van der Waals surface area contributed by atoms with Gasteiger partial charge in [-0.2, -0.15) is 0 Å². The Balaban J connectivity index is 1.78. The maximum absolute atomic E-state index is 12.4. The Kier molecular flexibility index (Phi) is 6.94. The smallest absolute Gasteiger partial charge is 0.336 e. The average molecular weight is 440 g/mol. The van der Waals surface area contributed by atoms with Crippen LogP contribution in [0.3, 0.4) is 0 Å². The fourth-order valence-electron chi connectivity index (χ4n) is 2.63. The van der Waals surface area contributed by atoms with E-state index in [1.807, 2.05) is 0 Å². The number of esters is 1. The molecule has 0 fully saturated rings. The van der Waals surface area contributed by atoms with Crippen LogP contribution in [-0.2, 0) is 4.79 Å². The van der Waals surface area contributed by atoms with Gasteiger partial charge in [0.05, 0.1) is 24.0 Å². The van der Waals surface area contributed by atoms with Crippen LogP contribution in [0, 0.1) is 0 Å². The van der Waals surface area contributed by atoms with Gasteiger partial charge < -0.3 is 29.5 Å². The van der Waals surface area contributed by atoms with Crippen LogP contribution in [0.5, 0.6) is 34.5 Å². The third-order valence-corrected chi connectivity index (χ3v) is 5.24. The number of methoxy groups -OCH3 is 2. The molecule has 0 spiro atoms. The van der Waals surface area contributed by atoms with Crippen LogP contribution in [-0.4, -0.2) is 35.5 Å². The van der Waals surface area contributed by atoms with Gasteiger partial charge in [-0.05, 0) is 48.0 Å². The van der Waals surface area contributed by atoms with E-state index in [-0.39, 0.29) is 23.0 Å². The Morgan fingerprint density at radius 3 is 2.16 bits per heavy atom. The number of ether oxygens (including phenoxy) is 3. The molecule has 31 heavy (non-hydrogen) atoms. The molecule has 0 heterocycles. The van der Waals surface area contributed by atoms with Gasteiger partial charge in [0.2, 0.25) is 0 Å². The molecule has 0 saturated heterocycles. The van der Waals surface area contributed by atoms with E-state index in [1.54, 1.807) is 30.3 Å². The maximum atomic E-state index is 12.4. The number of phenolic OH excluding ortho intramolecular Hbond substituents is 3. The highest BCUT2D eigenvalue weighted by atomic mass is 32.2. The number of hydrogen-bond donors (Lipinski definition) is 3. The second-order valence-corrected chi connectivity index (χ2v) is 7.34. The second kappa shape index (κ2) is 9.82. The molecule has 0 unspecified atom stereocenters. The van der Waals surface area contributed by atoms with Crippen molar-refractivity contribution >= 4 is 23.8 Å². The van der Waals surface area contributed by atoms with E-state index in [9.17, 15) is 20.1 Å². The standard InChI is InChI=1S/C23H20O7S/c1-28-18-7-3-14(11-19(18)29-2)4-10-23(27)30-20-13-16(25)6-9-22(20)31-21-8-5-15(24)12-17(21)26/h3-13,24-26H,1-2H3/b10-4+. The van der Waals surface area contributed by atoms with Crippen LogP contribution in [0.15, 0.2) is 70.5 Å². The first-order valence-electron chi connectivity index (χ1n) is 9.04. The lowest BCUT2D eigenvalue weighted by atomic mass is 10.2. The SMILES string of the molecule is COc1ccc(/C=C/C(=O)Oc2cc(O)ccc2Sc2ccc(O)cc2O)cc1OC. The number of carbonyl (C=O) groups is 1. The van der Waals surface area contributed by atoms with Crippen molar-refractivity contribution in [2.24, 2.45) is 0 Å². The molecule has 0 aliphatic carbocycles. The molecule has 0 radical (unpaired) electrons. The molecule has 0 amide bonds. The van der Waals surface area contributed by atoms with E-state index in [0.29, 0.717) is 26.9 Å². The lowest BCUT2D eigenvalue weighted by Gasteiger charge is -2.10. The van der Waals surface area contributed by atoms with Gasteiger partial charge in [0.15, 0.2) is 11.5 Å². The monoisotopic (exact) mass is 440 g/mol. The van der Waals surface area contributed by atoms with Crippen molar-refractivity contribution in [3.8, 4) is 34.5 Å². The number of benzene rings is 3. The Hall–Kier alpha value is -3.78. The quantitative estimate of drug-likeness (QED) is 0.278. The minimum absolute atomic E-state index is 0.0699. The Labute approximate surface area is 183 Å². The van der Waals surface area contributed by atoms with Crippen molar-refractivity contribution in [2.45, 2.75) is 9.79 Å². The first kappa shape index (κ1) is 21.9. The molecule has 7 nitrogen and oxygen atoms in total.